The third kappa shape index (κ3) is 2.57. The molecule has 1 amide bonds. The summed E-state index contributed by atoms with van der Waals surface area (Å²) in [4.78, 5) is 28.8. The first kappa shape index (κ1) is 14.6. The maximum Gasteiger partial charge on any atom is 0.349 e. The number of nitrogens with one attached hydrogen (secondary N) is 1. The van der Waals surface area contributed by atoms with Crippen LogP contribution in [-0.2, 0) is 0 Å². The summed E-state index contributed by atoms with van der Waals surface area (Å²) in [5.41, 5.74) is 1.69. The second kappa shape index (κ2) is 5.58. The Morgan fingerprint density at radius 2 is 2.00 bits per heavy atom. The third-order valence-electron chi connectivity index (χ3n) is 3.65. The van der Waals surface area contributed by atoms with Gasteiger partial charge in [0.2, 0.25) is 0 Å². The van der Waals surface area contributed by atoms with E-state index in [9.17, 15) is 9.59 Å². The maximum atomic E-state index is 12.4. The molecule has 4 aromatic rings. The smallest absolute Gasteiger partial charge is 0.349 e. The van der Waals surface area contributed by atoms with Gasteiger partial charge in [-0.15, -0.1) is 0 Å². The quantitative estimate of drug-likeness (QED) is 0.562. The monoisotopic (exact) mass is 336 g/mol. The second-order valence-corrected chi connectivity index (χ2v) is 6.46. The SMILES string of the molecule is Cc1ccc2nc(NC(=O)c3cc4ccccc4oc3=O)sc2c1. The van der Waals surface area contributed by atoms with E-state index in [0.29, 0.717) is 16.1 Å². The number of amides is 1. The van der Waals surface area contributed by atoms with Crippen molar-refractivity contribution in [1.82, 2.24) is 4.98 Å². The highest BCUT2D eigenvalue weighted by atomic mass is 32.1. The van der Waals surface area contributed by atoms with Gasteiger partial charge in [-0.05, 0) is 36.8 Å². The number of fused-ring (bicyclic) bond motifs is 2. The van der Waals surface area contributed by atoms with E-state index in [1.54, 1.807) is 18.2 Å². The lowest BCUT2D eigenvalue weighted by molar-refractivity contribution is 0.102. The first-order valence-corrected chi connectivity index (χ1v) is 8.13. The van der Waals surface area contributed by atoms with Crippen LogP contribution in [0.2, 0.25) is 0 Å². The van der Waals surface area contributed by atoms with Crippen LogP contribution in [0, 0.1) is 6.92 Å². The first-order chi connectivity index (χ1) is 11.6. The number of thiazole rings is 1. The summed E-state index contributed by atoms with van der Waals surface area (Å²) in [6.45, 7) is 2.00. The molecule has 0 radical (unpaired) electrons. The van der Waals surface area contributed by atoms with Crippen LogP contribution in [0.25, 0.3) is 21.2 Å². The molecule has 0 saturated carbocycles. The Kier molecular flexibility index (Phi) is 3.39. The minimum atomic E-state index is -0.664. The Bertz CT molecular complexity index is 1140. The summed E-state index contributed by atoms with van der Waals surface area (Å²) >= 11 is 1.37. The fraction of sp³-hybridized carbons (Fsp3) is 0.0556. The summed E-state index contributed by atoms with van der Waals surface area (Å²) in [6.07, 6.45) is 0. The van der Waals surface area contributed by atoms with Gasteiger partial charge in [0.1, 0.15) is 11.1 Å². The minimum absolute atomic E-state index is 0.0378. The van der Waals surface area contributed by atoms with Crippen LogP contribution in [-0.4, -0.2) is 10.9 Å². The molecule has 118 valence electrons. The highest BCUT2D eigenvalue weighted by Crippen LogP contribution is 2.27. The molecule has 0 fully saturated rings. The number of para-hydroxylation sites is 1. The summed E-state index contributed by atoms with van der Waals surface area (Å²) in [5, 5.41) is 3.83. The average molecular weight is 336 g/mol. The van der Waals surface area contributed by atoms with Crippen LogP contribution in [0.4, 0.5) is 5.13 Å². The molecule has 6 heteroatoms. The highest BCUT2D eigenvalue weighted by molar-refractivity contribution is 7.22. The zero-order chi connectivity index (χ0) is 16.7. The van der Waals surface area contributed by atoms with Crippen molar-refractivity contribution < 1.29 is 9.21 Å². The van der Waals surface area contributed by atoms with Gasteiger partial charge in [0.15, 0.2) is 5.13 Å². The summed E-state index contributed by atoms with van der Waals surface area (Å²) in [5.74, 6) is -0.523. The number of hydrogen-bond acceptors (Lipinski definition) is 5. The Morgan fingerprint density at radius 1 is 1.17 bits per heavy atom. The lowest BCUT2D eigenvalue weighted by atomic mass is 10.2. The van der Waals surface area contributed by atoms with Gasteiger partial charge >= 0.3 is 5.63 Å². The molecule has 1 N–H and O–H groups in total. The molecule has 4 rings (SSSR count). The number of anilines is 1. The molecule has 24 heavy (non-hydrogen) atoms. The standard InChI is InChI=1S/C18H12N2O3S/c1-10-6-7-13-15(8-10)24-18(19-13)20-16(21)12-9-11-4-2-3-5-14(11)23-17(12)22/h2-9H,1H3,(H,19,20,21). The van der Waals surface area contributed by atoms with Gasteiger partial charge in [-0.25, -0.2) is 9.78 Å². The van der Waals surface area contributed by atoms with E-state index in [4.69, 9.17) is 4.42 Å². The molecule has 0 aliphatic rings. The lowest BCUT2D eigenvalue weighted by Gasteiger charge is -2.02. The van der Waals surface area contributed by atoms with Crippen LogP contribution in [0.15, 0.2) is 57.7 Å². The number of hydrogen-bond donors (Lipinski definition) is 1. The molecule has 2 aromatic carbocycles. The van der Waals surface area contributed by atoms with Crippen LogP contribution in [0.5, 0.6) is 0 Å². The Morgan fingerprint density at radius 3 is 2.88 bits per heavy atom. The Labute approximate surface area is 140 Å². The normalized spacial score (nSPS) is 11.0. The van der Waals surface area contributed by atoms with E-state index in [1.165, 1.54) is 17.4 Å². The zero-order valence-electron chi connectivity index (χ0n) is 12.7. The average Bonchev–Trinajstić information content (AvgIpc) is 2.95. The van der Waals surface area contributed by atoms with E-state index < -0.39 is 11.5 Å². The van der Waals surface area contributed by atoms with Crippen molar-refractivity contribution in [3.63, 3.8) is 0 Å². The summed E-state index contributed by atoms with van der Waals surface area (Å²) in [6, 6.07) is 14.5. The summed E-state index contributed by atoms with van der Waals surface area (Å²) in [7, 11) is 0. The third-order valence-corrected chi connectivity index (χ3v) is 4.58. The number of aromatic nitrogens is 1. The van der Waals surface area contributed by atoms with Crippen molar-refractivity contribution >= 4 is 43.6 Å². The fourth-order valence-corrected chi connectivity index (χ4v) is 3.43. The van der Waals surface area contributed by atoms with Crippen molar-refractivity contribution in [3.8, 4) is 0 Å². The molecule has 0 atom stereocenters. The predicted octanol–water partition coefficient (Wildman–Crippen LogP) is 3.96. The molecule has 0 unspecified atom stereocenters. The molecular formula is C18H12N2O3S. The number of aryl methyl sites for hydroxylation is 1. The number of nitrogens with zero attached hydrogens (tertiary/aromatic N) is 1. The number of benzene rings is 2. The molecule has 0 aliphatic carbocycles. The Hall–Kier alpha value is -2.99. The van der Waals surface area contributed by atoms with Crippen LogP contribution < -0.4 is 10.9 Å². The van der Waals surface area contributed by atoms with Crippen LogP contribution in [0.3, 0.4) is 0 Å². The molecule has 0 saturated heterocycles. The second-order valence-electron chi connectivity index (χ2n) is 5.43. The van der Waals surface area contributed by atoms with Gasteiger partial charge in [0.05, 0.1) is 10.2 Å². The van der Waals surface area contributed by atoms with Crippen molar-refractivity contribution in [2.24, 2.45) is 0 Å². The number of carbonyl (C=O) groups is 1. The van der Waals surface area contributed by atoms with Gasteiger partial charge < -0.3 is 4.42 Å². The number of rotatable bonds is 2. The van der Waals surface area contributed by atoms with Crippen LogP contribution in [0.1, 0.15) is 15.9 Å². The van der Waals surface area contributed by atoms with Gasteiger partial charge in [0, 0.05) is 5.39 Å². The highest BCUT2D eigenvalue weighted by Gasteiger charge is 2.15. The lowest BCUT2D eigenvalue weighted by Crippen LogP contribution is -2.20. The Balaban J connectivity index is 1.70. The maximum absolute atomic E-state index is 12.4. The summed E-state index contributed by atoms with van der Waals surface area (Å²) < 4.78 is 6.18. The van der Waals surface area contributed by atoms with E-state index in [0.717, 1.165) is 15.8 Å². The van der Waals surface area contributed by atoms with Crippen LogP contribution >= 0.6 is 11.3 Å². The van der Waals surface area contributed by atoms with Gasteiger partial charge in [-0.2, -0.15) is 0 Å². The van der Waals surface area contributed by atoms with Crippen molar-refractivity contribution in [2.45, 2.75) is 6.92 Å². The van der Waals surface area contributed by atoms with E-state index in [1.807, 2.05) is 31.2 Å². The van der Waals surface area contributed by atoms with Crippen molar-refractivity contribution in [3.05, 3.63) is 70.1 Å². The van der Waals surface area contributed by atoms with E-state index >= 15 is 0 Å². The van der Waals surface area contributed by atoms with Gasteiger partial charge in [-0.3, -0.25) is 10.1 Å². The van der Waals surface area contributed by atoms with E-state index in [-0.39, 0.29) is 5.56 Å². The minimum Gasteiger partial charge on any atom is -0.422 e. The molecule has 2 heterocycles. The molecule has 5 nitrogen and oxygen atoms in total. The predicted molar refractivity (Wildman–Crippen MR) is 94.8 cm³/mol. The van der Waals surface area contributed by atoms with Crippen molar-refractivity contribution in [2.75, 3.05) is 5.32 Å². The molecule has 0 spiro atoms. The zero-order valence-corrected chi connectivity index (χ0v) is 13.5. The largest absolute Gasteiger partial charge is 0.422 e. The molecular weight excluding hydrogens is 324 g/mol. The molecule has 0 aliphatic heterocycles. The molecule has 2 aromatic heterocycles. The molecule has 0 bridgehead atoms. The van der Waals surface area contributed by atoms with Crippen molar-refractivity contribution in [1.29, 1.82) is 0 Å². The number of carbonyl (C=O) groups excluding carboxylic acids is 1. The van der Waals surface area contributed by atoms with Gasteiger partial charge in [0.25, 0.3) is 5.91 Å². The van der Waals surface area contributed by atoms with Gasteiger partial charge in [-0.1, -0.05) is 35.6 Å². The topological polar surface area (TPSA) is 72.2 Å². The first-order valence-electron chi connectivity index (χ1n) is 7.31. The fourth-order valence-electron chi connectivity index (χ4n) is 2.47. The van der Waals surface area contributed by atoms with E-state index in [2.05, 4.69) is 10.3 Å².